The summed E-state index contributed by atoms with van der Waals surface area (Å²) in [5.41, 5.74) is 2.43. The molecular formula is C16H16FN3O2S. The topological polar surface area (TPSA) is 55.6 Å². The van der Waals surface area contributed by atoms with Gasteiger partial charge in [-0.1, -0.05) is 11.3 Å². The lowest BCUT2D eigenvalue weighted by Gasteiger charge is -2.03. The maximum atomic E-state index is 13.0. The first-order valence-electron chi connectivity index (χ1n) is 7.11. The third-order valence-electron chi connectivity index (χ3n) is 3.49. The first kappa shape index (κ1) is 15.6. The summed E-state index contributed by atoms with van der Waals surface area (Å²) in [6.45, 7) is 2.82. The zero-order chi connectivity index (χ0) is 16.4. The Morgan fingerprint density at radius 3 is 2.78 bits per heavy atom. The Bertz CT molecular complexity index is 839. The third-order valence-corrected chi connectivity index (χ3v) is 4.65. The fraction of sp³-hybridized carbons (Fsp3) is 0.250. The van der Waals surface area contributed by atoms with Gasteiger partial charge in [-0.05, 0) is 31.2 Å². The van der Waals surface area contributed by atoms with Crippen LogP contribution in [0.3, 0.4) is 0 Å². The van der Waals surface area contributed by atoms with E-state index in [1.807, 2.05) is 17.5 Å². The van der Waals surface area contributed by atoms with E-state index in [0.29, 0.717) is 18.0 Å². The Labute approximate surface area is 136 Å². The van der Waals surface area contributed by atoms with Crippen LogP contribution in [-0.4, -0.2) is 35.6 Å². The lowest BCUT2D eigenvalue weighted by Crippen LogP contribution is -2.26. The summed E-state index contributed by atoms with van der Waals surface area (Å²) >= 11 is 1.33. The van der Waals surface area contributed by atoms with Crippen LogP contribution < -0.4 is 5.32 Å². The molecule has 1 amide bonds. The first-order chi connectivity index (χ1) is 11.1. The Hall–Kier alpha value is -2.25. The van der Waals surface area contributed by atoms with Crippen LogP contribution in [0.4, 0.5) is 4.39 Å². The number of hydrogen-bond acceptors (Lipinski definition) is 4. The largest absolute Gasteiger partial charge is 0.383 e. The normalized spacial score (nSPS) is 11.1. The molecule has 0 spiro atoms. The van der Waals surface area contributed by atoms with Crippen molar-refractivity contribution in [3.63, 3.8) is 0 Å². The van der Waals surface area contributed by atoms with Crippen LogP contribution in [0.1, 0.15) is 15.4 Å². The summed E-state index contributed by atoms with van der Waals surface area (Å²) in [6, 6.07) is 6.19. The molecule has 7 heteroatoms. The van der Waals surface area contributed by atoms with E-state index in [4.69, 9.17) is 4.74 Å². The number of carbonyl (C=O) groups excluding carboxylic acids is 1. The molecule has 0 aliphatic heterocycles. The van der Waals surface area contributed by atoms with Gasteiger partial charge in [0.05, 0.1) is 12.3 Å². The number of halogens is 1. The predicted octanol–water partition coefficient (Wildman–Crippen LogP) is 2.89. The maximum Gasteiger partial charge on any atom is 0.263 e. The first-order valence-corrected chi connectivity index (χ1v) is 7.93. The van der Waals surface area contributed by atoms with Crippen molar-refractivity contribution in [1.29, 1.82) is 0 Å². The van der Waals surface area contributed by atoms with Crippen molar-refractivity contribution >= 4 is 22.2 Å². The van der Waals surface area contributed by atoms with Gasteiger partial charge >= 0.3 is 0 Å². The number of hydrogen-bond donors (Lipinski definition) is 1. The highest BCUT2D eigenvalue weighted by Gasteiger charge is 2.17. The number of imidazole rings is 1. The number of thiazole rings is 1. The Kier molecular flexibility index (Phi) is 4.40. The minimum Gasteiger partial charge on any atom is -0.383 e. The van der Waals surface area contributed by atoms with Crippen LogP contribution in [-0.2, 0) is 4.74 Å². The number of aromatic nitrogens is 2. The summed E-state index contributed by atoms with van der Waals surface area (Å²) in [4.78, 5) is 18.1. The fourth-order valence-electron chi connectivity index (χ4n) is 2.27. The summed E-state index contributed by atoms with van der Waals surface area (Å²) in [5, 5.41) is 2.81. The van der Waals surface area contributed by atoms with E-state index in [0.717, 1.165) is 21.9 Å². The summed E-state index contributed by atoms with van der Waals surface area (Å²) in [7, 11) is 1.59. The van der Waals surface area contributed by atoms with E-state index in [-0.39, 0.29) is 11.7 Å². The van der Waals surface area contributed by atoms with Gasteiger partial charge < -0.3 is 10.1 Å². The van der Waals surface area contributed by atoms with Gasteiger partial charge in [-0.2, -0.15) is 0 Å². The standard InChI is InChI=1S/C16H16FN3O2S/c1-10-14(15(21)18-7-8-22-2)23-16-19-13(9-20(10)16)11-3-5-12(17)6-4-11/h3-6,9H,7-8H2,1-2H3,(H,18,21). The number of aryl methyl sites for hydroxylation is 1. The Balaban J connectivity index is 1.88. The summed E-state index contributed by atoms with van der Waals surface area (Å²) < 4.78 is 19.8. The minimum absolute atomic E-state index is 0.126. The van der Waals surface area contributed by atoms with Gasteiger partial charge in [-0.15, -0.1) is 0 Å². The quantitative estimate of drug-likeness (QED) is 0.731. The monoisotopic (exact) mass is 333 g/mol. The molecule has 120 valence electrons. The molecule has 0 aliphatic rings. The average molecular weight is 333 g/mol. The minimum atomic E-state index is -0.277. The summed E-state index contributed by atoms with van der Waals surface area (Å²) in [5.74, 6) is -0.403. The molecule has 23 heavy (non-hydrogen) atoms. The maximum absolute atomic E-state index is 13.0. The zero-order valence-corrected chi connectivity index (χ0v) is 13.6. The van der Waals surface area contributed by atoms with Gasteiger partial charge in [0, 0.05) is 31.1 Å². The molecule has 0 fully saturated rings. The highest BCUT2D eigenvalue weighted by atomic mass is 32.1. The van der Waals surface area contributed by atoms with Crippen molar-refractivity contribution in [3.05, 3.63) is 46.9 Å². The molecule has 2 aromatic heterocycles. The van der Waals surface area contributed by atoms with Crippen LogP contribution in [0.15, 0.2) is 30.5 Å². The van der Waals surface area contributed by atoms with Crippen molar-refractivity contribution in [2.45, 2.75) is 6.92 Å². The number of ether oxygens (including phenoxy) is 1. The molecule has 0 unspecified atom stereocenters. The average Bonchev–Trinajstić information content (AvgIpc) is 3.08. The van der Waals surface area contributed by atoms with Gasteiger partial charge in [-0.25, -0.2) is 9.37 Å². The van der Waals surface area contributed by atoms with Crippen molar-refractivity contribution < 1.29 is 13.9 Å². The number of carbonyl (C=O) groups is 1. The molecule has 0 aliphatic carbocycles. The SMILES string of the molecule is COCCNC(=O)c1sc2nc(-c3ccc(F)cc3)cn2c1C. The number of methoxy groups -OCH3 is 1. The number of amides is 1. The molecular weight excluding hydrogens is 317 g/mol. The second-order valence-electron chi connectivity index (χ2n) is 5.05. The van der Waals surface area contributed by atoms with E-state index in [9.17, 15) is 9.18 Å². The van der Waals surface area contributed by atoms with Crippen LogP contribution in [0.25, 0.3) is 16.2 Å². The van der Waals surface area contributed by atoms with Crippen molar-refractivity contribution in [2.24, 2.45) is 0 Å². The molecule has 3 aromatic rings. The molecule has 1 N–H and O–H groups in total. The van der Waals surface area contributed by atoms with Gasteiger partial charge in [-0.3, -0.25) is 9.20 Å². The molecule has 1 aromatic carbocycles. The fourth-order valence-corrected chi connectivity index (χ4v) is 3.29. The molecule has 5 nitrogen and oxygen atoms in total. The highest BCUT2D eigenvalue weighted by molar-refractivity contribution is 7.19. The van der Waals surface area contributed by atoms with E-state index in [1.54, 1.807) is 19.2 Å². The van der Waals surface area contributed by atoms with Gasteiger partial charge in [0.1, 0.15) is 10.7 Å². The highest BCUT2D eigenvalue weighted by Crippen LogP contribution is 2.27. The van der Waals surface area contributed by atoms with Gasteiger partial charge in [0.25, 0.3) is 5.91 Å². The van der Waals surface area contributed by atoms with Crippen molar-refractivity contribution in [1.82, 2.24) is 14.7 Å². The van der Waals surface area contributed by atoms with E-state index < -0.39 is 0 Å². The van der Waals surface area contributed by atoms with Crippen molar-refractivity contribution in [2.75, 3.05) is 20.3 Å². The Morgan fingerprint density at radius 1 is 1.39 bits per heavy atom. The van der Waals surface area contributed by atoms with Crippen LogP contribution in [0.2, 0.25) is 0 Å². The number of rotatable bonds is 5. The van der Waals surface area contributed by atoms with Gasteiger partial charge in [0.15, 0.2) is 4.96 Å². The number of fused-ring (bicyclic) bond motifs is 1. The summed E-state index contributed by atoms with van der Waals surface area (Å²) in [6.07, 6.45) is 1.86. The lowest BCUT2D eigenvalue weighted by atomic mass is 10.2. The molecule has 0 radical (unpaired) electrons. The number of nitrogens with zero attached hydrogens (tertiary/aromatic N) is 2. The third kappa shape index (κ3) is 3.11. The molecule has 0 bridgehead atoms. The molecule has 0 atom stereocenters. The zero-order valence-electron chi connectivity index (χ0n) is 12.8. The molecule has 0 saturated carbocycles. The smallest absolute Gasteiger partial charge is 0.263 e. The lowest BCUT2D eigenvalue weighted by molar-refractivity contribution is 0.0940. The number of benzene rings is 1. The van der Waals surface area contributed by atoms with Gasteiger partial charge in [0.2, 0.25) is 0 Å². The predicted molar refractivity (Wildman–Crippen MR) is 87.4 cm³/mol. The van der Waals surface area contributed by atoms with Crippen LogP contribution >= 0.6 is 11.3 Å². The Morgan fingerprint density at radius 2 is 2.13 bits per heavy atom. The second-order valence-corrected chi connectivity index (χ2v) is 6.03. The molecule has 0 saturated heterocycles. The number of nitrogens with one attached hydrogen (secondary N) is 1. The van der Waals surface area contributed by atoms with Crippen molar-refractivity contribution in [3.8, 4) is 11.3 Å². The molecule has 2 heterocycles. The van der Waals surface area contributed by atoms with E-state index >= 15 is 0 Å². The van der Waals surface area contributed by atoms with E-state index in [2.05, 4.69) is 10.3 Å². The molecule has 3 rings (SSSR count). The second kappa shape index (κ2) is 6.47. The van der Waals surface area contributed by atoms with Crippen LogP contribution in [0.5, 0.6) is 0 Å². The van der Waals surface area contributed by atoms with Crippen LogP contribution in [0, 0.1) is 12.7 Å². The van der Waals surface area contributed by atoms with E-state index in [1.165, 1.54) is 23.5 Å².